The van der Waals surface area contributed by atoms with Crippen LogP contribution in [0.4, 0.5) is 5.69 Å². The number of fused-ring (bicyclic) bond motifs is 1. The number of hydrogen-bond acceptors (Lipinski definition) is 3. The van der Waals surface area contributed by atoms with Crippen molar-refractivity contribution in [1.29, 1.82) is 0 Å². The van der Waals surface area contributed by atoms with Gasteiger partial charge in [-0.3, -0.25) is 9.69 Å². The van der Waals surface area contributed by atoms with Gasteiger partial charge in [-0.05, 0) is 51.7 Å². The van der Waals surface area contributed by atoms with Gasteiger partial charge in [0.05, 0.1) is 0 Å². The Balaban J connectivity index is 1.33. The number of anilines is 1. The number of carbonyl (C=O) groups excluding carboxylic acids is 1. The largest absolute Gasteiger partial charge is 0.369 e. The first kappa shape index (κ1) is 19.5. The third-order valence-electron chi connectivity index (χ3n) is 6.21. The summed E-state index contributed by atoms with van der Waals surface area (Å²) in [4.78, 5) is 15.7. The fourth-order valence-corrected chi connectivity index (χ4v) is 4.53. The van der Waals surface area contributed by atoms with Gasteiger partial charge in [0, 0.05) is 44.0 Å². The summed E-state index contributed by atoms with van der Waals surface area (Å²) in [6.45, 7) is 4.96. The Kier molecular flexibility index (Phi) is 5.51. The van der Waals surface area contributed by atoms with Crippen molar-refractivity contribution in [3.8, 4) is 11.1 Å². The zero-order chi connectivity index (χ0) is 21.0. The minimum Gasteiger partial charge on any atom is -0.369 e. The van der Waals surface area contributed by atoms with Gasteiger partial charge in [-0.15, -0.1) is 0 Å². The molecule has 4 aromatic carbocycles. The summed E-state index contributed by atoms with van der Waals surface area (Å²) in [5.74, 6) is 0. The molecule has 1 saturated heterocycles. The average molecular weight is 406 g/mol. The number of rotatable bonds is 5. The number of piperazine rings is 1. The highest BCUT2D eigenvalue weighted by Gasteiger charge is 2.19. The molecule has 153 valence electrons. The van der Waals surface area contributed by atoms with E-state index in [4.69, 9.17) is 0 Å². The predicted molar refractivity (Wildman–Crippen MR) is 128 cm³/mol. The molecule has 0 unspecified atom stereocenters. The zero-order valence-electron chi connectivity index (χ0n) is 17.5. The zero-order valence-corrected chi connectivity index (χ0v) is 17.5. The van der Waals surface area contributed by atoms with E-state index in [1.165, 1.54) is 33.2 Å². The van der Waals surface area contributed by atoms with Crippen molar-refractivity contribution in [2.24, 2.45) is 0 Å². The first-order valence-corrected chi connectivity index (χ1v) is 10.8. The van der Waals surface area contributed by atoms with Crippen molar-refractivity contribution < 1.29 is 4.79 Å². The average Bonchev–Trinajstić information content (AvgIpc) is 2.85. The van der Waals surface area contributed by atoms with E-state index < -0.39 is 0 Å². The standard InChI is InChI=1S/C28H25N2O/c31-21-22-12-14-25(15-13-22)30-18-16-29(17-19-30)20-24-7-2-4-10-27(24)28-11-5-8-23-6-1-3-9-26(23)28/h1-15H,16-20H2. The first-order valence-electron chi connectivity index (χ1n) is 10.8. The highest BCUT2D eigenvalue weighted by atomic mass is 16.1. The molecule has 3 nitrogen and oxygen atoms in total. The third-order valence-corrected chi connectivity index (χ3v) is 6.21. The summed E-state index contributed by atoms with van der Waals surface area (Å²) >= 11 is 0. The van der Waals surface area contributed by atoms with Crippen LogP contribution >= 0.6 is 0 Å². The fourth-order valence-electron chi connectivity index (χ4n) is 4.53. The Hall–Kier alpha value is -3.43. The lowest BCUT2D eigenvalue weighted by molar-refractivity contribution is 0.250. The van der Waals surface area contributed by atoms with Crippen molar-refractivity contribution in [1.82, 2.24) is 4.90 Å². The van der Waals surface area contributed by atoms with E-state index in [0.29, 0.717) is 5.56 Å². The Labute approximate surface area is 183 Å². The maximum absolute atomic E-state index is 10.8. The molecule has 0 N–H and O–H groups in total. The molecule has 0 spiro atoms. The fraction of sp³-hybridized carbons (Fsp3) is 0.179. The number of hydrogen-bond donors (Lipinski definition) is 0. The van der Waals surface area contributed by atoms with Crippen LogP contribution in [0.1, 0.15) is 11.1 Å². The van der Waals surface area contributed by atoms with Gasteiger partial charge in [0.15, 0.2) is 0 Å². The van der Waals surface area contributed by atoms with Crippen LogP contribution in [-0.2, 0) is 11.3 Å². The highest BCUT2D eigenvalue weighted by Crippen LogP contribution is 2.32. The van der Waals surface area contributed by atoms with E-state index in [-0.39, 0.29) is 0 Å². The van der Waals surface area contributed by atoms with E-state index in [9.17, 15) is 4.79 Å². The molecule has 0 aromatic heterocycles. The first-order chi connectivity index (χ1) is 15.3. The van der Waals surface area contributed by atoms with E-state index in [1.807, 2.05) is 30.6 Å². The third kappa shape index (κ3) is 4.10. The van der Waals surface area contributed by atoms with Gasteiger partial charge in [-0.2, -0.15) is 0 Å². The monoisotopic (exact) mass is 405 g/mol. The molecule has 0 aliphatic carbocycles. The van der Waals surface area contributed by atoms with Gasteiger partial charge in [-0.25, -0.2) is 0 Å². The minimum atomic E-state index is 0.604. The van der Waals surface area contributed by atoms with Crippen LogP contribution in [0.5, 0.6) is 0 Å². The lowest BCUT2D eigenvalue weighted by Crippen LogP contribution is -2.46. The molecule has 4 aromatic rings. The van der Waals surface area contributed by atoms with Crippen molar-refractivity contribution in [2.45, 2.75) is 6.54 Å². The van der Waals surface area contributed by atoms with Gasteiger partial charge in [0.25, 0.3) is 0 Å². The smallest absolute Gasteiger partial charge is 0.233 e. The molecule has 1 aliphatic rings. The van der Waals surface area contributed by atoms with E-state index >= 15 is 0 Å². The summed E-state index contributed by atoms with van der Waals surface area (Å²) in [6, 6.07) is 31.7. The lowest BCUT2D eigenvalue weighted by atomic mass is 9.94. The normalized spacial score (nSPS) is 14.6. The summed E-state index contributed by atoms with van der Waals surface area (Å²) in [5, 5.41) is 2.58. The lowest BCUT2D eigenvalue weighted by Gasteiger charge is -2.36. The van der Waals surface area contributed by atoms with Crippen LogP contribution in [0.2, 0.25) is 0 Å². The molecule has 1 radical (unpaired) electrons. The molecule has 0 atom stereocenters. The summed E-state index contributed by atoms with van der Waals surface area (Å²) in [6.07, 6.45) is 1.94. The molecular formula is C28H25N2O. The molecule has 3 heteroatoms. The van der Waals surface area contributed by atoms with E-state index in [2.05, 4.69) is 76.5 Å². The van der Waals surface area contributed by atoms with Gasteiger partial charge in [0.1, 0.15) is 0 Å². The van der Waals surface area contributed by atoms with Crippen molar-refractivity contribution in [3.63, 3.8) is 0 Å². The van der Waals surface area contributed by atoms with Gasteiger partial charge < -0.3 is 4.90 Å². The quantitative estimate of drug-likeness (QED) is 0.451. The Morgan fingerprint density at radius 3 is 2.16 bits per heavy atom. The summed E-state index contributed by atoms with van der Waals surface area (Å²) in [5.41, 5.74) is 5.78. The highest BCUT2D eigenvalue weighted by molar-refractivity contribution is 5.97. The second kappa shape index (κ2) is 8.75. The number of nitrogens with zero attached hydrogens (tertiary/aromatic N) is 2. The van der Waals surface area contributed by atoms with Crippen LogP contribution in [0.15, 0.2) is 91.0 Å². The van der Waals surface area contributed by atoms with E-state index in [0.717, 1.165) is 32.7 Å². The molecule has 5 rings (SSSR count). The summed E-state index contributed by atoms with van der Waals surface area (Å²) in [7, 11) is 0. The van der Waals surface area contributed by atoms with Crippen molar-refractivity contribution in [2.75, 3.05) is 31.1 Å². The molecule has 1 fully saturated rings. The van der Waals surface area contributed by atoms with Crippen LogP contribution in [0.25, 0.3) is 21.9 Å². The second-order valence-corrected chi connectivity index (χ2v) is 8.10. The Morgan fingerprint density at radius 1 is 0.677 bits per heavy atom. The maximum atomic E-state index is 10.8. The Bertz CT molecular complexity index is 1190. The second-order valence-electron chi connectivity index (χ2n) is 8.10. The molecule has 1 heterocycles. The van der Waals surface area contributed by atoms with Crippen LogP contribution < -0.4 is 4.90 Å². The number of benzene rings is 4. The Morgan fingerprint density at radius 2 is 1.35 bits per heavy atom. The SMILES string of the molecule is O=[C]c1ccc(N2CCN(Cc3ccccc3-c3cccc4ccccc34)CC2)cc1. The van der Waals surface area contributed by atoms with Crippen LogP contribution in [0.3, 0.4) is 0 Å². The van der Waals surface area contributed by atoms with Gasteiger partial charge in [-0.1, -0.05) is 66.7 Å². The molecule has 0 amide bonds. The van der Waals surface area contributed by atoms with Crippen molar-refractivity contribution in [3.05, 3.63) is 102 Å². The molecule has 0 saturated carbocycles. The summed E-state index contributed by atoms with van der Waals surface area (Å²) < 4.78 is 0. The van der Waals surface area contributed by atoms with Crippen LogP contribution in [0, 0.1) is 0 Å². The van der Waals surface area contributed by atoms with Gasteiger partial charge in [0.2, 0.25) is 6.29 Å². The maximum Gasteiger partial charge on any atom is 0.233 e. The topological polar surface area (TPSA) is 23.6 Å². The molecular weight excluding hydrogens is 380 g/mol. The van der Waals surface area contributed by atoms with Gasteiger partial charge >= 0.3 is 0 Å². The molecule has 31 heavy (non-hydrogen) atoms. The minimum absolute atomic E-state index is 0.604. The van der Waals surface area contributed by atoms with E-state index in [1.54, 1.807) is 0 Å². The predicted octanol–water partition coefficient (Wildman–Crippen LogP) is 5.29. The van der Waals surface area contributed by atoms with Crippen molar-refractivity contribution >= 4 is 22.7 Å². The molecule has 1 aliphatic heterocycles. The molecule has 0 bridgehead atoms. The van der Waals surface area contributed by atoms with Crippen LogP contribution in [-0.4, -0.2) is 37.4 Å².